The number of hydrogen-bond acceptors (Lipinski definition) is 7. The summed E-state index contributed by atoms with van der Waals surface area (Å²) in [5, 5.41) is 14.2. The summed E-state index contributed by atoms with van der Waals surface area (Å²) in [7, 11) is -3.82. The van der Waals surface area contributed by atoms with E-state index in [-0.39, 0.29) is 35.5 Å². The molecule has 31 heavy (non-hydrogen) atoms. The normalized spacial score (nSPS) is 15.6. The lowest BCUT2D eigenvalue weighted by molar-refractivity contribution is -0.384. The number of benzene rings is 1. The van der Waals surface area contributed by atoms with Gasteiger partial charge >= 0.3 is 0 Å². The van der Waals surface area contributed by atoms with Crippen LogP contribution in [0.3, 0.4) is 0 Å². The first-order chi connectivity index (χ1) is 14.5. The molecule has 2 rings (SSSR count). The van der Waals surface area contributed by atoms with E-state index in [1.807, 2.05) is 0 Å². The molecule has 1 aliphatic heterocycles. The molecule has 1 N–H and O–H groups in total. The molecule has 0 bridgehead atoms. The second-order valence-electron chi connectivity index (χ2n) is 7.23. The van der Waals surface area contributed by atoms with Gasteiger partial charge in [-0.15, -0.1) is 0 Å². The number of carbonyl (C=O) groups excluding carboxylic acids is 2. The Kier molecular flexibility index (Phi) is 7.96. The number of nitrogens with one attached hydrogen (secondary N) is 1. The lowest BCUT2D eigenvalue weighted by Crippen LogP contribution is -2.54. The molecular formula is C19H29N5O6S. The Morgan fingerprint density at radius 2 is 1.77 bits per heavy atom. The summed E-state index contributed by atoms with van der Waals surface area (Å²) in [4.78, 5) is 37.9. The minimum atomic E-state index is -3.82. The fraction of sp³-hybridized carbons (Fsp3) is 0.579. The molecule has 1 heterocycles. The summed E-state index contributed by atoms with van der Waals surface area (Å²) in [6.07, 6.45) is 0. The van der Waals surface area contributed by atoms with Crippen LogP contribution in [0.4, 0.5) is 11.4 Å². The van der Waals surface area contributed by atoms with E-state index in [0.29, 0.717) is 31.9 Å². The monoisotopic (exact) mass is 455 g/mol. The second-order valence-corrected chi connectivity index (χ2v) is 9.17. The lowest BCUT2D eigenvalue weighted by Gasteiger charge is -2.37. The van der Waals surface area contributed by atoms with Gasteiger partial charge in [-0.3, -0.25) is 19.7 Å². The Balaban J connectivity index is 2.22. The molecule has 1 aliphatic rings. The highest BCUT2D eigenvalue weighted by molar-refractivity contribution is 7.89. The zero-order valence-corrected chi connectivity index (χ0v) is 19.0. The van der Waals surface area contributed by atoms with Gasteiger partial charge in [0.1, 0.15) is 11.7 Å². The van der Waals surface area contributed by atoms with Crippen LogP contribution in [0.5, 0.6) is 0 Å². The highest BCUT2D eigenvalue weighted by atomic mass is 32.2. The van der Waals surface area contributed by atoms with Gasteiger partial charge in [-0.05, 0) is 19.1 Å². The molecule has 1 fully saturated rings. The van der Waals surface area contributed by atoms with Crippen molar-refractivity contribution in [3.8, 4) is 0 Å². The number of sulfonamides is 1. The zero-order chi connectivity index (χ0) is 23.3. The average Bonchev–Trinajstić information content (AvgIpc) is 2.73. The number of nitro benzene ring substituents is 1. The third-order valence-corrected chi connectivity index (χ3v) is 7.25. The van der Waals surface area contributed by atoms with Gasteiger partial charge in [0.15, 0.2) is 0 Å². The molecule has 11 nitrogen and oxygen atoms in total. The van der Waals surface area contributed by atoms with Crippen LogP contribution >= 0.6 is 0 Å². The molecule has 0 saturated carbocycles. The van der Waals surface area contributed by atoms with Crippen molar-refractivity contribution in [1.82, 2.24) is 14.5 Å². The van der Waals surface area contributed by atoms with Gasteiger partial charge in [0.05, 0.1) is 9.82 Å². The molecule has 0 aromatic heterocycles. The van der Waals surface area contributed by atoms with Crippen LogP contribution in [-0.2, 0) is 19.6 Å². The molecule has 0 radical (unpaired) electrons. The largest absolute Gasteiger partial charge is 0.362 e. The van der Waals surface area contributed by atoms with Crippen molar-refractivity contribution in [2.45, 2.75) is 38.6 Å². The SMILES string of the molecule is CCN(CC)S(=O)(=O)c1ccc(N2CCN(C(=O)C(C)NC(C)=O)CC2)c([N+](=O)[O-])c1. The van der Waals surface area contributed by atoms with Crippen LogP contribution < -0.4 is 10.2 Å². The topological polar surface area (TPSA) is 133 Å². The van der Waals surface area contributed by atoms with Gasteiger partial charge in [0.2, 0.25) is 21.8 Å². The maximum Gasteiger partial charge on any atom is 0.293 e. The van der Waals surface area contributed by atoms with E-state index in [9.17, 15) is 28.1 Å². The van der Waals surface area contributed by atoms with E-state index in [1.54, 1.807) is 30.6 Å². The summed E-state index contributed by atoms with van der Waals surface area (Å²) >= 11 is 0. The molecule has 1 unspecified atom stereocenters. The van der Waals surface area contributed by atoms with E-state index in [0.717, 1.165) is 6.07 Å². The summed E-state index contributed by atoms with van der Waals surface area (Å²) in [5.41, 5.74) is 0.0186. The number of rotatable bonds is 8. The number of carbonyl (C=O) groups is 2. The van der Waals surface area contributed by atoms with Crippen LogP contribution in [0.1, 0.15) is 27.7 Å². The molecular weight excluding hydrogens is 426 g/mol. The summed E-state index contributed by atoms with van der Waals surface area (Å²) < 4.78 is 26.7. The van der Waals surface area contributed by atoms with Gasteiger partial charge in [-0.2, -0.15) is 4.31 Å². The van der Waals surface area contributed by atoms with E-state index in [1.165, 1.54) is 23.4 Å². The van der Waals surface area contributed by atoms with Gasteiger partial charge in [0, 0.05) is 52.3 Å². The van der Waals surface area contributed by atoms with Crippen molar-refractivity contribution >= 4 is 33.2 Å². The lowest BCUT2D eigenvalue weighted by atomic mass is 10.2. The van der Waals surface area contributed by atoms with Crippen LogP contribution in [0.2, 0.25) is 0 Å². The third-order valence-electron chi connectivity index (χ3n) is 5.21. The van der Waals surface area contributed by atoms with Gasteiger partial charge < -0.3 is 15.1 Å². The highest BCUT2D eigenvalue weighted by Gasteiger charge is 2.30. The maximum atomic E-state index is 12.7. The van der Waals surface area contributed by atoms with E-state index in [4.69, 9.17) is 0 Å². The Morgan fingerprint density at radius 1 is 1.19 bits per heavy atom. The molecule has 1 aromatic carbocycles. The zero-order valence-electron chi connectivity index (χ0n) is 18.2. The van der Waals surface area contributed by atoms with E-state index >= 15 is 0 Å². The molecule has 12 heteroatoms. The van der Waals surface area contributed by atoms with Crippen LogP contribution in [-0.4, -0.2) is 79.7 Å². The quantitative estimate of drug-likeness (QED) is 0.453. The molecule has 1 saturated heterocycles. The van der Waals surface area contributed by atoms with Crippen LogP contribution in [0.25, 0.3) is 0 Å². The first-order valence-electron chi connectivity index (χ1n) is 10.1. The van der Waals surface area contributed by atoms with Crippen molar-refractivity contribution in [1.29, 1.82) is 0 Å². The minimum Gasteiger partial charge on any atom is -0.362 e. The van der Waals surface area contributed by atoms with Gasteiger partial charge in [-0.1, -0.05) is 13.8 Å². The summed E-state index contributed by atoms with van der Waals surface area (Å²) in [6, 6.07) is 3.28. The van der Waals surface area contributed by atoms with Crippen LogP contribution in [0, 0.1) is 10.1 Å². The number of amides is 2. The minimum absolute atomic E-state index is 0.121. The van der Waals surface area contributed by atoms with E-state index in [2.05, 4.69) is 5.32 Å². The van der Waals surface area contributed by atoms with Crippen molar-refractivity contribution < 1.29 is 22.9 Å². The van der Waals surface area contributed by atoms with Crippen molar-refractivity contribution in [2.24, 2.45) is 0 Å². The predicted octanol–water partition coefficient (Wildman–Crippen LogP) is 0.799. The van der Waals surface area contributed by atoms with Gasteiger partial charge in [-0.25, -0.2) is 8.42 Å². The predicted molar refractivity (Wildman–Crippen MR) is 115 cm³/mol. The average molecular weight is 456 g/mol. The van der Waals surface area contributed by atoms with Crippen molar-refractivity contribution in [2.75, 3.05) is 44.2 Å². The molecule has 0 spiro atoms. The van der Waals surface area contributed by atoms with Gasteiger partial charge in [0.25, 0.3) is 5.69 Å². The molecule has 1 aromatic rings. The highest BCUT2D eigenvalue weighted by Crippen LogP contribution is 2.32. The number of piperazine rings is 1. The van der Waals surface area contributed by atoms with Crippen LogP contribution in [0.15, 0.2) is 23.1 Å². The Bertz CT molecular complexity index is 939. The fourth-order valence-electron chi connectivity index (χ4n) is 3.60. The number of nitrogens with zero attached hydrogens (tertiary/aromatic N) is 4. The van der Waals surface area contributed by atoms with Crippen molar-refractivity contribution in [3.05, 3.63) is 28.3 Å². The number of anilines is 1. The molecule has 2 amide bonds. The Hall–Kier alpha value is -2.73. The Labute approximate surface area is 182 Å². The fourth-order valence-corrected chi connectivity index (χ4v) is 5.08. The smallest absolute Gasteiger partial charge is 0.293 e. The first-order valence-corrected chi connectivity index (χ1v) is 11.6. The second kappa shape index (κ2) is 10.1. The summed E-state index contributed by atoms with van der Waals surface area (Å²) in [6.45, 7) is 8.25. The standard InChI is InChI=1S/C19H29N5O6S/c1-5-23(6-2)31(29,30)16-7-8-17(18(13-16)24(27)28)21-9-11-22(12-10-21)19(26)14(3)20-15(4)25/h7-8,13-14H,5-6,9-12H2,1-4H3,(H,20,25). The summed E-state index contributed by atoms with van der Waals surface area (Å²) in [5.74, 6) is -0.514. The number of hydrogen-bond donors (Lipinski definition) is 1. The first kappa shape index (κ1) is 24.5. The third kappa shape index (κ3) is 5.50. The number of nitro groups is 1. The molecule has 172 valence electrons. The maximum absolute atomic E-state index is 12.7. The van der Waals surface area contributed by atoms with E-state index < -0.39 is 21.0 Å². The molecule has 1 atom stereocenters. The molecule has 0 aliphatic carbocycles. The van der Waals surface area contributed by atoms with Crippen molar-refractivity contribution in [3.63, 3.8) is 0 Å². The Morgan fingerprint density at radius 3 is 2.26 bits per heavy atom.